The van der Waals surface area contributed by atoms with Crippen LogP contribution in [0, 0.1) is 6.92 Å². The highest BCUT2D eigenvalue weighted by Gasteiger charge is 2.14. The summed E-state index contributed by atoms with van der Waals surface area (Å²) in [5.41, 5.74) is 9.44. The first-order chi connectivity index (χ1) is 9.10. The molecule has 3 nitrogen and oxygen atoms in total. The second-order valence-electron chi connectivity index (χ2n) is 4.66. The van der Waals surface area contributed by atoms with Crippen LogP contribution >= 0.6 is 15.9 Å². The Hall–Kier alpha value is -1.39. The van der Waals surface area contributed by atoms with E-state index in [1.165, 1.54) is 5.56 Å². The predicted octanol–water partition coefficient (Wildman–Crippen LogP) is 3.24. The van der Waals surface area contributed by atoms with E-state index in [-0.39, 0.29) is 6.04 Å². The molecule has 2 rings (SSSR count). The van der Waals surface area contributed by atoms with Gasteiger partial charge in [-0.2, -0.15) is 0 Å². The molecule has 0 radical (unpaired) electrons. The predicted molar refractivity (Wildman–Crippen MR) is 83.0 cm³/mol. The molecule has 0 amide bonds. The zero-order chi connectivity index (χ0) is 13.8. The first-order valence-corrected chi connectivity index (χ1v) is 7.03. The van der Waals surface area contributed by atoms with Crippen LogP contribution in [0.25, 0.3) is 0 Å². The van der Waals surface area contributed by atoms with Crippen molar-refractivity contribution in [3.8, 4) is 0 Å². The Labute approximate surface area is 122 Å². The lowest BCUT2D eigenvalue weighted by Crippen LogP contribution is -2.20. The zero-order valence-corrected chi connectivity index (χ0v) is 12.7. The van der Waals surface area contributed by atoms with Gasteiger partial charge < -0.3 is 11.1 Å². The molecule has 0 saturated carbocycles. The van der Waals surface area contributed by atoms with E-state index < -0.39 is 0 Å². The monoisotopic (exact) mass is 319 g/mol. The maximum Gasteiger partial charge on any atom is 0.128 e. The van der Waals surface area contributed by atoms with E-state index >= 15 is 0 Å². The number of rotatable bonds is 4. The van der Waals surface area contributed by atoms with Crippen molar-refractivity contribution in [2.75, 3.05) is 12.8 Å². The van der Waals surface area contributed by atoms with Gasteiger partial charge in [0, 0.05) is 22.3 Å². The van der Waals surface area contributed by atoms with Crippen LogP contribution in [0.15, 0.2) is 41.0 Å². The van der Waals surface area contributed by atoms with Crippen LogP contribution in [0.3, 0.4) is 0 Å². The van der Waals surface area contributed by atoms with Gasteiger partial charge >= 0.3 is 0 Å². The van der Waals surface area contributed by atoms with Crippen LogP contribution in [0.4, 0.5) is 5.82 Å². The van der Waals surface area contributed by atoms with Crippen LogP contribution in [0.1, 0.15) is 22.7 Å². The minimum atomic E-state index is 0.175. The highest BCUT2D eigenvalue weighted by atomic mass is 79.9. The number of nitrogens with one attached hydrogen (secondary N) is 1. The van der Waals surface area contributed by atoms with Crippen molar-refractivity contribution in [1.29, 1.82) is 0 Å². The molecule has 4 heteroatoms. The minimum Gasteiger partial charge on any atom is -0.383 e. The van der Waals surface area contributed by atoms with Crippen LogP contribution in [0.2, 0.25) is 0 Å². The number of anilines is 1. The van der Waals surface area contributed by atoms with Gasteiger partial charge in [0.25, 0.3) is 0 Å². The van der Waals surface area contributed by atoms with E-state index in [0.717, 1.165) is 22.0 Å². The molecule has 1 heterocycles. The topological polar surface area (TPSA) is 50.9 Å². The molecule has 2 aromatic rings. The van der Waals surface area contributed by atoms with Crippen LogP contribution in [-0.4, -0.2) is 12.0 Å². The number of likely N-dealkylation sites (N-methyl/N-ethyl adjacent to an activating group) is 1. The zero-order valence-electron chi connectivity index (χ0n) is 11.2. The Morgan fingerprint density at radius 1 is 1.32 bits per heavy atom. The molecule has 1 atom stereocenters. The van der Waals surface area contributed by atoms with Crippen LogP contribution in [-0.2, 0) is 6.42 Å². The molecule has 0 aliphatic rings. The third-order valence-corrected chi connectivity index (χ3v) is 3.69. The van der Waals surface area contributed by atoms with Gasteiger partial charge in [0.15, 0.2) is 0 Å². The molecule has 0 bridgehead atoms. The fourth-order valence-electron chi connectivity index (χ4n) is 2.11. The van der Waals surface area contributed by atoms with Gasteiger partial charge in [0.1, 0.15) is 5.82 Å². The summed E-state index contributed by atoms with van der Waals surface area (Å²) in [6, 6.07) is 10.6. The van der Waals surface area contributed by atoms with Crippen LogP contribution in [0.5, 0.6) is 0 Å². The normalized spacial score (nSPS) is 12.4. The molecule has 1 unspecified atom stereocenters. The van der Waals surface area contributed by atoms with Crippen molar-refractivity contribution in [2.24, 2.45) is 0 Å². The highest BCUT2D eigenvalue weighted by molar-refractivity contribution is 9.10. The molecule has 100 valence electrons. The third kappa shape index (κ3) is 3.55. The molecule has 0 spiro atoms. The standard InChI is InChI=1S/C15H18BrN3/c1-10-7-13(15(17)19-9-10)14(18-2)8-11-3-5-12(16)6-4-11/h3-7,9,14,18H,8H2,1-2H3,(H2,17,19). The number of hydrogen-bond donors (Lipinski definition) is 2. The number of aromatic nitrogens is 1. The number of aryl methyl sites for hydroxylation is 1. The van der Waals surface area contributed by atoms with Gasteiger partial charge in [-0.25, -0.2) is 4.98 Å². The molecule has 1 aromatic carbocycles. The van der Waals surface area contributed by atoms with Gasteiger partial charge in [-0.15, -0.1) is 0 Å². The Kier molecular flexibility index (Phi) is 4.56. The lowest BCUT2D eigenvalue weighted by molar-refractivity contribution is 0.591. The number of halogens is 1. The third-order valence-electron chi connectivity index (χ3n) is 3.16. The molecular weight excluding hydrogens is 302 g/mol. The van der Waals surface area contributed by atoms with Crippen LogP contribution < -0.4 is 11.1 Å². The number of nitrogen functional groups attached to an aromatic ring is 1. The van der Waals surface area contributed by atoms with Gasteiger partial charge in [0.2, 0.25) is 0 Å². The van der Waals surface area contributed by atoms with Gasteiger partial charge in [-0.1, -0.05) is 28.1 Å². The Morgan fingerprint density at radius 2 is 2.00 bits per heavy atom. The molecular formula is C15H18BrN3. The summed E-state index contributed by atoms with van der Waals surface area (Å²) in [5, 5.41) is 3.32. The van der Waals surface area contributed by atoms with E-state index in [1.807, 2.05) is 14.0 Å². The highest BCUT2D eigenvalue weighted by Crippen LogP contribution is 2.23. The van der Waals surface area contributed by atoms with Gasteiger partial charge in [-0.3, -0.25) is 0 Å². The lowest BCUT2D eigenvalue weighted by atomic mass is 9.98. The summed E-state index contributed by atoms with van der Waals surface area (Å²) in [6.45, 7) is 2.03. The summed E-state index contributed by atoms with van der Waals surface area (Å²) in [5.74, 6) is 0.599. The first-order valence-electron chi connectivity index (χ1n) is 6.24. The smallest absolute Gasteiger partial charge is 0.128 e. The van der Waals surface area contributed by atoms with E-state index in [1.54, 1.807) is 6.20 Å². The number of hydrogen-bond acceptors (Lipinski definition) is 3. The summed E-state index contributed by atoms with van der Waals surface area (Å²) in [4.78, 5) is 4.23. The molecule has 0 aliphatic carbocycles. The quantitative estimate of drug-likeness (QED) is 0.909. The van der Waals surface area contributed by atoms with Crippen molar-refractivity contribution >= 4 is 21.7 Å². The molecule has 1 aromatic heterocycles. The van der Waals surface area contributed by atoms with Crippen molar-refractivity contribution in [1.82, 2.24) is 10.3 Å². The lowest BCUT2D eigenvalue weighted by Gasteiger charge is -2.18. The van der Waals surface area contributed by atoms with Gasteiger partial charge in [-0.05, 0) is 49.7 Å². The number of nitrogens with zero attached hydrogens (tertiary/aromatic N) is 1. The Balaban J connectivity index is 2.24. The van der Waals surface area contributed by atoms with Crippen molar-refractivity contribution < 1.29 is 0 Å². The van der Waals surface area contributed by atoms with E-state index in [4.69, 9.17) is 5.73 Å². The summed E-state index contributed by atoms with van der Waals surface area (Å²) < 4.78 is 1.09. The van der Waals surface area contributed by atoms with E-state index in [2.05, 4.69) is 56.6 Å². The Bertz CT molecular complexity index is 552. The summed E-state index contributed by atoms with van der Waals surface area (Å²) in [6.07, 6.45) is 2.68. The SMILES string of the molecule is CNC(Cc1ccc(Br)cc1)c1cc(C)cnc1N. The molecule has 0 fully saturated rings. The molecule has 19 heavy (non-hydrogen) atoms. The number of pyridine rings is 1. The van der Waals surface area contributed by atoms with Crippen molar-refractivity contribution in [3.05, 3.63) is 57.7 Å². The van der Waals surface area contributed by atoms with Crippen molar-refractivity contribution in [3.63, 3.8) is 0 Å². The average molecular weight is 320 g/mol. The second-order valence-corrected chi connectivity index (χ2v) is 5.57. The maximum atomic E-state index is 5.99. The fraction of sp³-hybridized carbons (Fsp3) is 0.267. The fourth-order valence-corrected chi connectivity index (χ4v) is 2.37. The van der Waals surface area contributed by atoms with Crippen molar-refractivity contribution in [2.45, 2.75) is 19.4 Å². The molecule has 0 aliphatic heterocycles. The van der Waals surface area contributed by atoms with E-state index in [0.29, 0.717) is 5.82 Å². The Morgan fingerprint density at radius 3 is 2.63 bits per heavy atom. The first kappa shape index (κ1) is 14.0. The largest absolute Gasteiger partial charge is 0.383 e. The second kappa shape index (κ2) is 6.17. The number of benzene rings is 1. The number of nitrogens with two attached hydrogens (primary N) is 1. The molecule has 0 saturated heterocycles. The summed E-state index contributed by atoms with van der Waals surface area (Å²) in [7, 11) is 1.95. The van der Waals surface area contributed by atoms with Gasteiger partial charge in [0.05, 0.1) is 0 Å². The summed E-state index contributed by atoms with van der Waals surface area (Å²) >= 11 is 3.45. The van der Waals surface area contributed by atoms with E-state index in [9.17, 15) is 0 Å². The average Bonchev–Trinajstić information content (AvgIpc) is 2.41. The minimum absolute atomic E-state index is 0.175. The maximum absolute atomic E-state index is 5.99. The molecule has 3 N–H and O–H groups in total.